The lowest BCUT2D eigenvalue weighted by atomic mass is 10.1. The van der Waals surface area contributed by atoms with Crippen molar-refractivity contribution in [3.05, 3.63) is 35.2 Å². The minimum Gasteiger partial charge on any atom is -0.489 e. The molecule has 0 aliphatic carbocycles. The zero-order valence-electron chi connectivity index (χ0n) is 12.4. The number of hydrogen-bond donors (Lipinski definition) is 1. The molecule has 0 unspecified atom stereocenters. The fraction of sp³-hybridized carbons (Fsp3) is 0.267. The quantitative estimate of drug-likeness (QED) is 0.929. The smallest absolute Gasteiger partial charge is 0.268 e. The van der Waals surface area contributed by atoms with Gasteiger partial charge < -0.3 is 14.8 Å². The van der Waals surface area contributed by atoms with Crippen molar-refractivity contribution in [3.63, 3.8) is 0 Å². The van der Waals surface area contributed by atoms with Crippen molar-refractivity contribution in [1.82, 2.24) is 9.97 Å². The zero-order valence-corrected chi connectivity index (χ0v) is 12.4. The molecule has 1 N–H and O–H groups in total. The lowest BCUT2D eigenvalue weighted by Gasteiger charge is -2.15. The van der Waals surface area contributed by atoms with Crippen LogP contribution in [-0.2, 0) is 0 Å². The van der Waals surface area contributed by atoms with E-state index in [4.69, 9.17) is 14.7 Å². The highest BCUT2D eigenvalue weighted by molar-refractivity contribution is 5.57. The van der Waals surface area contributed by atoms with Crippen LogP contribution in [0.2, 0.25) is 0 Å². The van der Waals surface area contributed by atoms with Crippen LogP contribution in [0, 0.1) is 25.2 Å². The molecule has 0 aliphatic heterocycles. The first-order chi connectivity index (χ1) is 10.1. The number of ether oxygens (including phenoxy) is 2. The third kappa shape index (κ3) is 2.87. The molecule has 21 heavy (non-hydrogen) atoms. The molecule has 0 radical (unpaired) electrons. The minimum atomic E-state index is 0.327. The van der Waals surface area contributed by atoms with Gasteiger partial charge >= 0.3 is 0 Å². The molecule has 108 valence electrons. The van der Waals surface area contributed by atoms with Gasteiger partial charge in [0.25, 0.3) is 5.88 Å². The van der Waals surface area contributed by atoms with Gasteiger partial charge in [-0.05, 0) is 37.1 Å². The van der Waals surface area contributed by atoms with Gasteiger partial charge in [-0.2, -0.15) is 10.2 Å². The molecule has 0 spiro atoms. The molecule has 0 aliphatic rings. The first-order valence-electron chi connectivity index (χ1n) is 6.36. The van der Waals surface area contributed by atoms with Crippen LogP contribution < -0.4 is 14.8 Å². The SMILES string of the molecule is CNc1ncnc(Oc2c(C)cc(C#N)cc2C)c1OC. The van der Waals surface area contributed by atoms with Crippen LogP contribution in [0.1, 0.15) is 16.7 Å². The topological polar surface area (TPSA) is 80.1 Å². The lowest BCUT2D eigenvalue weighted by molar-refractivity contribution is 0.367. The third-order valence-electron chi connectivity index (χ3n) is 3.00. The van der Waals surface area contributed by atoms with Gasteiger partial charge in [0, 0.05) is 7.05 Å². The summed E-state index contributed by atoms with van der Waals surface area (Å²) in [5, 5.41) is 11.9. The molecule has 6 nitrogen and oxygen atoms in total. The number of aryl methyl sites for hydroxylation is 2. The second kappa shape index (κ2) is 6.09. The maximum Gasteiger partial charge on any atom is 0.268 e. The lowest BCUT2D eigenvalue weighted by Crippen LogP contribution is -2.02. The maximum atomic E-state index is 8.98. The second-order valence-electron chi connectivity index (χ2n) is 4.46. The predicted octanol–water partition coefficient (Wildman–Crippen LogP) is 2.81. The molecule has 0 saturated carbocycles. The van der Waals surface area contributed by atoms with Crippen molar-refractivity contribution in [1.29, 1.82) is 5.26 Å². The Hall–Kier alpha value is -2.81. The monoisotopic (exact) mass is 284 g/mol. The predicted molar refractivity (Wildman–Crippen MR) is 78.8 cm³/mol. The van der Waals surface area contributed by atoms with Crippen molar-refractivity contribution >= 4 is 5.82 Å². The van der Waals surface area contributed by atoms with Crippen LogP contribution in [0.3, 0.4) is 0 Å². The molecule has 0 fully saturated rings. The summed E-state index contributed by atoms with van der Waals surface area (Å²) in [5.74, 6) is 1.97. The average Bonchev–Trinajstić information content (AvgIpc) is 2.50. The van der Waals surface area contributed by atoms with Gasteiger partial charge in [0.15, 0.2) is 5.82 Å². The molecule has 6 heteroatoms. The first kappa shape index (κ1) is 14.6. The number of aromatic nitrogens is 2. The Kier molecular flexibility index (Phi) is 4.24. The highest BCUT2D eigenvalue weighted by atomic mass is 16.5. The number of nitrogens with one attached hydrogen (secondary N) is 1. The number of hydrogen-bond acceptors (Lipinski definition) is 6. The van der Waals surface area contributed by atoms with E-state index in [1.807, 2.05) is 13.8 Å². The highest BCUT2D eigenvalue weighted by Gasteiger charge is 2.16. The van der Waals surface area contributed by atoms with Crippen molar-refractivity contribution < 1.29 is 9.47 Å². The summed E-state index contributed by atoms with van der Waals surface area (Å²) < 4.78 is 11.2. The highest BCUT2D eigenvalue weighted by Crippen LogP contribution is 2.36. The molecule has 0 amide bonds. The molecule has 1 aromatic heterocycles. The number of rotatable bonds is 4. The van der Waals surface area contributed by atoms with Gasteiger partial charge in [-0.3, -0.25) is 0 Å². The van der Waals surface area contributed by atoms with E-state index in [2.05, 4.69) is 21.4 Å². The number of nitriles is 1. The summed E-state index contributed by atoms with van der Waals surface area (Å²) >= 11 is 0. The van der Waals surface area contributed by atoms with Gasteiger partial charge in [0.05, 0.1) is 18.7 Å². The summed E-state index contributed by atoms with van der Waals surface area (Å²) in [6, 6.07) is 5.67. The number of methoxy groups -OCH3 is 1. The van der Waals surface area contributed by atoms with Crippen LogP contribution in [0.15, 0.2) is 18.5 Å². The first-order valence-corrected chi connectivity index (χ1v) is 6.36. The van der Waals surface area contributed by atoms with E-state index >= 15 is 0 Å². The average molecular weight is 284 g/mol. The standard InChI is InChI=1S/C15H16N4O2/c1-9-5-11(7-16)6-10(2)12(9)21-15-13(20-4)14(17-3)18-8-19-15/h5-6,8H,1-4H3,(H,17,18,19). The van der Waals surface area contributed by atoms with Crippen molar-refractivity contribution in [2.45, 2.75) is 13.8 Å². The van der Waals surface area contributed by atoms with Crippen LogP contribution in [-0.4, -0.2) is 24.1 Å². The summed E-state index contributed by atoms with van der Waals surface area (Å²) in [4.78, 5) is 8.19. The molecule has 1 aromatic carbocycles. The largest absolute Gasteiger partial charge is 0.489 e. The molecule has 2 aromatic rings. The summed E-state index contributed by atoms with van der Waals surface area (Å²) in [6.07, 6.45) is 1.40. The molecule has 1 heterocycles. The summed E-state index contributed by atoms with van der Waals surface area (Å²) in [5.41, 5.74) is 2.32. The molecule has 2 rings (SSSR count). The van der Waals surface area contributed by atoms with Crippen LogP contribution in [0.5, 0.6) is 17.4 Å². The minimum absolute atomic E-state index is 0.327. The number of nitrogens with zero attached hydrogens (tertiary/aromatic N) is 3. The van der Waals surface area contributed by atoms with E-state index in [-0.39, 0.29) is 0 Å². The Morgan fingerprint density at radius 1 is 1.14 bits per heavy atom. The van der Waals surface area contributed by atoms with Gasteiger partial charge in [0.2, 0.25) is 5.75 Å². The van der Waals surface area contributed by atoms with E-state index in [0.717, 1.165) is 11.1 Å². The summed E-state index contributed by atoms with van der Waals surface area (Å²) in [7, 11) is 3.28. The molecule has 0 atom stereocenters. The number of benzene rings is 1. The fourth-order valence-electron chi connectivity index (χ4n) is 2.06. The van der Waals surface area contributed by atoms with Crippen LogP contribution in [0.25, 0.3) is 0 Å². The molecular formula is C15H16N4O2. The fourth-order valence-corrected chi connectivity index (χ4v) is 2.06. The van der Waals surface area contributed by atoms with Gasteiger partial charge in [0.1, 0.15) is 12.1 Å². The zero-order chi connectivity index (χ0) is 15.4. The Morgan fingerprint density at radius 3 is 2.33 bits per heavy atom. The molecule has 0 bridgehead atoms. The molecular weight excluding hydrogens is 268 g/mol. The van der Waals surface area contributed by atoms with E-state index in [0.29, 0.717) is 28.8 Å². The van der Waals surface area contributed by atoms with Gasteiger partial charge in [-0.1, -0.05) is 0 Å². The third-order valence-corrected chi connectivity index (χ3v) is 3.00. The Morgan fingerprint density at radius 2 is 1.81 bits per heavy atom. The maximum absolute atomic E-state index is 8.98. The van der Waals surface area contributed by atoms with E-state index in [1.165, 1.54) is 13.4 Å². The molecule has 0 saturated heterocycles. The Bertz CT molecular complexity index is 684. The van der Waals surface area contributed by atoms with Crippen molar-refractivity contribution in [2.24, 2.45) is 0 Å². The Labute approximate surface area is 123 Å². The van der Waals surface area contributed by atoms with Crippen LogP contribution >= 0.6 is 0 Å². The van der Waals surface area contributed by atoms with E-state index < -0.39 is 0 Å². The van der Waals surface area contributed by atoms with E-state index in [9.17, 15) is 0 Å². The van der Waals surface area contributed by atoms with Crippen LogP contribution in [0.4, 0.5) is 5.82 Å². The van der Waals surface area contributed by atoms with Crippen molar-refractivity contribution in [2.75, 3.05) is 19.5 Å². The van der Waals surface area contributed by atoms with E-state index in [1.54, 1.807) is 19.2 Å². The normalized spacial score (nSPS) is 9.86. The summed E-state index contributed by atoms with van der Waals surface area (Å²) in [6.45, 7) is 3.77. The van der Waals surface area contributed by atoms with Crippen molar-refractivity contribution in [3.8, 4) is 23.4 Å². The van der Waals surface area contributed by atoms with Gasteiger partial charge in [-0.25, -0.2) is 4.98 Å². The second-order valence-corrected chi connectivity index (χ2v) is 4.46. The van der Waals surface area contributed by atoms with Gasteiger partial charge in [-0.15, -0.1) is 0 Å². The Balaban J connectivity index is 2.46. The number of anilines is 1.